The highest BCUT2D eigenvalue weighted by atomic mass is 31.1. The van der Waals surface area contributed by atoms with Crippen molar-refractivity contribution < 1.29 is 13.8 Å². The lowest BCUT2D eigenvalue weighted by molar-refractivity contribution is 0.388. The molecule has 0 amide bonds. The molecule has 6 aromatic rings. The summed E-state index contributed by atoms with van der Waals surface area (Å²) in [5.41, 5.74) is 5.54. The van der Waals surface area contributed by atoms with Crippen molar-refractivity contribution in [2.75, 3.05) is 0 Å². The van der Waals surface area contributed by atoms with Crippen LogP contribution in [0.1, 0.15) is 47.2 Å². The zero-order valence-corrected chi connectivity index (χ0v) is 31.2. The molecule has 7 rings (SSSR count). The minimum atomic E-state index is -1.27. The first kappa shape index (κ1) is 35.0. The van der Waals surface area contributed by atoms with Crippen LogP contribution in [0.3, 0.4) is 0 Å². The molecule has 0 saturated heterocycles. The monoisotopic (exact) mass is 714 g/mol. The molecule has 0 radical (unpaired) electrons. The lowest BCUT2D eigenvalue weighted by Crippen LogP contribution is -2.26. The van der Waals surface area contributed by atoms with E-state index < -0.39 is 21.7 Å². The van der Waals surface area contributed by atoms with E-state index in [1.807, 2.05) is 72.8 Å². The topological polar surface area (TPSA) is 27.7 Å². The van der Waals surface area contributed by atoms with Gasteiger partial charge in [0.2, 0.25) is 0 Å². The van der Waals surface area contributed by atoms with Crippen molar-refractivity contribution in [3.63, 3.8) is 0 Å². The molecular formula is C47H40O3P2. The van der Waals surface area contributed by atoms with Crippen molar-refractivity contribution >= 4 is 61.8 Å². The van der Waals surface area contributed by atoms with Crippen LogP contribution in [-0.4, -0.2) is 0 Å². The summed E-state index contributed by atoms with van der Waals surface area (Å²) in [6, 6.07) is 45.9. The Labute approximate surface area is 309 Å². The second-order valence-corrected chi connectivity index (χ2v) is 16.6. The summed E-state index contributed by atoms with van der Waals surface area (Å²) in [4.78, 5) is 0. The largest absolute Gasteiger partial charge is 0.461 e. The molecule has 1 heterocycles. The van der Waals surface area contributed by atoms with Crippen molar-refractivity contribution in [1.29, 1.82) is 0 Å². The van der Waals surface area contributed by atoms with Crippen molar-refractivity contribution in [3.8, 4) is 23.0 Å². The Hall–Kier alpha value is -5.46. The molecule has 0 bridgehead atoms. The predicted molar refractivity (Wildman–Crippen MR) is 225 cm³/mol. The van der Waals surface area contributed by atoms with E-state index in [0.29, 0.717) is 23.0 Å². The van der Waals surface area contributed by atoms with E-state index in [4.69, 9.17) is 13.8 Å². The van der Waals surface area contributed by atoms with E-state index in [0.717, 1.165) is 54.6 Å². The van der Waals surface area contributed by atoms with Gasteiger partial charge in [0.05, 0.1) is 0 Å². The quantitative estimate of drug-likeness (QED) is 0.118. The van der Waals surface area contributed by atoms with Crippen LogP contribution in [0.25, 0.3) is 24.3 Å². The maximum absolute atomic E-state index is 7.14. The summed E-state index contributed by atoms with van der Waals surface area (Å²) >= 11 is 0. The van der Waals surface area contributed by atoms with Gasteiger partial charge >= 0.3 is 0 Å². The van der Waals surface area contributed by atoms with Crippen LogP contribution in [0.2, 0.25) is 0 Å². The number of hydrogen-bond donors (Lipinski definition) is 0. The van der Waals surface area contributed by atoms with E-state index in [-0.39, 0.29) is 0 Å². The molecular weight excluding hydrogens is 674 g/mol. The standard InChI is InChI=1S/C47H40O3P2/c1-7-33-21-25-39(26-22-33)51(37-17-13-11-14-18-37)49-43-31-35(9-3)29-41-45(43)48-46-42(47(41,5)6)30-36(10-4)32-44(46)50-52(38-19-15-12-16-20-38)40-27-23-34(8-2)24-28-40/h7-32H,1-4H2,5-6H3. The fourth-order valence-electron chi connectivity index (χ4n) is 6.33. The Bertz CT molecular complexity index is 2100. The van der Waals surface area contributed by atoms with Gasteiger partial charge in [-0.3, -0.25) is 0 Å². The number of rotatable bonds is 12. The van der Waals surface area contributed by atoms with Crippen molar-refractivity contribution in [2.45, 2.75) is 19.3 Å². The van der Waals surface area contributed by atoms with Gasteiger partial charge in [0.1, 0.15) is 0 Å². The van der Waals surface area contributed by atoms with Crippen molar-refractivity contribution in [3.05, 3.63) is 193 Å². The third kappa shape index (κ3) is 6.91. The molecule has 0 N–H and O–H groups in total. The maximum atomic E-state index is 7.14. The Morgan fingerprint density at radius 3 is 1.15 bits per heavy atom. The number of hydrogen-bond acceptors (Lipinski definition) is 3. The predicted octanol–water partition coefficient (Wildman–Crippen LogP) is 11.5. The van der Waals surface area contributed by atoms with Gasteiger partial charge in [0, 0.05) is 37.8 Å². The van der Waals surface area contributed by atoms with E-state index in [9.17, 15) is 0 Å². The number of ether oxygens (including phenoxy) is 1. The molecule has 0 spiro atoms. The second-order valence-electron chi connectivity index (χ2n) is 13.0. The highest BCUT2D eigenvalue weighted by Crippen LogP contribution is 2.58. The van der Waals surface area contributed by atoms with Gasteiger partial charge in [0.15, 0.2) is 39.3 Å². The third-order valence-corrected chi connectivity index (χ3v) is 13.1. The normalized spacial score (nSPS) is 13.7. The number of benzene rings is 6. The van der Waals surface area contributed by atoms with Gasteiger partial charge in [0.25, 0.3) is 0 Å². The first-order valence-electron chi connectivity index (χ1n) is 17.1. The lowest BCUT2D eigenvalue weighted by Gasteiger charge is -2.37. The Balaban J connectivity index is 1.37. The molecule has 0 aromatic heterocycles. The summed E-state index contributed by atoms with van der Waals surface area (Å²) in [6.45, 7) is 20.6. The highest BCUT2D eigenvalue weighted by Gasteiger charge is 2.39. The van der Waals surface area contributed by atoms with Gasteiger partial charge in [-0.25, -0.2) is 0 Å². The molecule has 0 saturated carbocycles. The fourth-order valence-corrected chi connectivity index (χ4v) is 9.74. The zero-order valence-electron chi connectivity index (χ0n) is 29.5. The van der Waals surface area contributed by atoms with E-state index in [1.54, 1.807) is 0 Å². The average Bonchev–Trinajstić information content (AvgIpc) is 3.20. The first-order valence-corrected chi connectivity index (χ1v) is 19.7. The minimum absolute atomic E-state index is 0.487. The summed E-state index contributed by atoms with van der Waals surface area (Å²) in [7, 11) is -2.53. The van der Waals surface area contributed by atoms with Crippen LogP contribution in [-0.2, 0) is 5.41 Å². The third-order valence-electron chi connectivity index (χ3n) is 9.26. The molecule has 256 valence electrons. The second kappa shape index (κ2) is 15.0. The summed E-state index contributed by atoms with van der Waals surface area (Å²) in [5.74, 6) is 2.64. The molecule has 0 aliphatic carbocycles. The highest BCUT2D eigenvalue weighted by molar-refractivity contribution is 7.69. The Kier molecular flexibility index (Phi) is 10.1. The summed E-state index contributed by atoms with van der Waals surface area (Å²) in [6.07, 6.45) is 7.43. The fraction of sp³-hybridized carbons (Fsp3) is 0.0638. The minimum Gasteiger partial charge on any atom is -0.461 e. The zero-order chi connectivity index (χ0) is 36.2. The molecule has 52 heavy (non-hydrogen) atoms. The lowest BCUT2D eigenvalue weighted by atomic mass is 9.74. The molecule has 1 aliphatic heterocycles. The SMILES string of the molecule is C=Cc1ccc(P(Oc2cc(C=C)cc3c2Oc2c(OP(c4ccccc4)c4ccc(C=C)cc4)cc(C=C)cc2C3(C)C)c2ccccc2)cc1. The van der Waals surface area contributed by atoms with Crippen LogP contribution >= 0.6 is 16.3 Å². The van der Waals surface area contributed by atoms with Gasteiger partial charge in [-0.15, -0.1) is 0 Å². The van der Waals surface area contributed by atoms with Crippen LogP contribution in [0, 0.1) is 0 Å². The van der Waals surface area contributed by atoms with Crippen molar-refractivity contribution in [2.24, 2.45) is 0 Å². The van der Waals surface area contributed by atoms with Gasteiger partial charge < -0.3 is 13.8 Å². The number of fused-ring (bicyclic) bond motifs is 2. The van der Waals surface area contributed by atoms with Crippen LogP contribution in [0.4, 0.5) is 0 Å². The van der Waals surface area contributed by atoms with Crippen molar-refractivity contribution in [1.82, 2.24) is 0 Å². The van der Waals surface area contributed by atoms with E-state index >= 15 is 0 Å². The van der Waals surface area contributed by atoms with Crippen LogP contribution in [0.15, 0.2) is 160 Å². The van der Waals surface area contributed by atoms with Crippen LogP contribution in [0.5, 0.6) is 23.0 Å². The molecule has 0 fully saturated rings. The molecule has 2 atom stereocenters. The van der Waals surface area contributed by atoms with Crippen LogP contribution < -0.4 is 35.0 Å². The molecule has 1 aliphatic rings. The smallest absolute Gasteiger partial charge is 0.173 e. The van der Waals surface area contributed by atoms with E-state index in [2.05, 4.69) is 125 Å². The Morgan fingerprint density at radius 2 is 0.808 bits per heavy atom. The van der Waals surface area contributed by atoms with Gasteiger partial charge in [-0.05, 0) is 46.5 Å². The molecule has 6 aromatic carbocycles. The summed E-state index contributed by atoms with van der Waals surface area (Å²) in [5, 5.41) is 4.34. The van der Waals surface area contributed by atoms with Gasteiger partial charge in [-0.2, -0.15) is 0 Å². The first-order chi connectivity index (χ1) is 25.3. The Morgan fingerprint density at radius 1 is 0.462 bits per heavy atom. The van der Waals surface area contributed by atoms with Gasteiger partial charge in [-0.1, -0.05) is 174 Å². The average molecular weight is 715 g/mol. The summed E-state index contributed by atoms with van der Waals surface area (Å²) < 4.78 is 21.4. The molecule has 2 unspecified atom stereocenters. The molecule has 3 nitrogen and oxygen atoms in total. The van der Waals surface area contributed by atoms with E-state index in [1.165, 1.54) is 0 Å². The maximum Gasteiger partial charge on any atom is 0.173 e. The molecule has 5 heteroatoms.